The van der Waals surface area contributed by atoms with Gasteiger partial charge in [-0.05, 0) is 56.1 Å². The monoisotopic (exact) mass is 410 g/mol. The number of hydrogen-bond donors (Lipinski definition) is 0. The highest BCUT2D eigenvalue weighted by Gasteiger charge is 2.21. The van der Waals surface area contributed by atoms with Gasteiger partial charge in [0.15, 0.2) is 0 Å². The molecular formula is C18H8Br2N2. The molecule has 0 aliphatic rings. The summed E-state index contributed by atoms with van der Waals surface area (Å²) in [6.07, 6.45) is 8.54. The Labute approximate surface area is 141 Å². The predicted molar refractivity (Wildman–Crippen MR) is 98.6 cm³/mol. The molecule has 4 heteroatoms. The summed E-state index contributed by atoms with van der Waals surface area (Å²) >= 11 is 7.75. The normalized spacial score (nSPS) is 13.0. The van der Waals surface area contributed by atoms with Gasteiger partial charge in [-0.25, -0.2) is 0 Å². The summed E-state index contributed by atoms with van der Waals surface area (Å²) in [5.41, 5.74) is 2.57. The smallest absolute Gasteiger partial charge is 0.0613 e. The van der Waals surface area contributed by atoms with Gasteiger partial charge in [0, 0.05) is 66.1 Å². The molecule has 104 valence electrons. The fourth-order valence-corrected chi connectivity index (χ4v) is 5.40. The zero-order valence-electron chi connectivity index (χ0n) is 11.3. The van der Waals surface area contributed by atoms with E-state index in [1.54, 1.807) is 0 Å². The minimum Gasteiger partial charge on any atom is -0.323 e. The molecule has 2 aromatic carbocycles. The number of nitrogens with zero attached hydrogens (tertiary/aromatic N) is 2. The molecule has 0 bridgehead atoms. The average molecular weight is 412 g/mol. The molecule has 0 saturated carbocycles. The van der Waals surface area contributed by atoms with Gasteiger partial charge in [-0.2, -0.15) is 0 Å². The van der Waals surface area contributed by atoms with Gasteiger partial charge < -0.3 is 8.80 Å². The fourth-order valence-electron chi connectivity index (χ4n) is 3.93. The van der Waals surface area contributed by atoms with Crippen molar-refractivity contribution in [2.45, 2.75) is 0 Å². The van der Waals surface area contributed by atoms with Gasteiger partial charge in [-0.1, -0.05) is 0 Å². The molecule has 0 radical (unpaired) electrons. The van der Waals surface area contributed by atoms with Crippen LogP contribution in [0.15, 0.2) is 58.0 Å². The van der Waals surface area contributed by atoms with Crippen LogP contribution in [-0.2, 0) is 0 Å². The van der Waals surface area contributed by atoms with Gasteiger partial charge in [0.1, 0.15) is 0 Å². The van der Waals surface area contributed by atoms with Crippen LogP contribution in [-0.4, -0.2) is 8.80 Å². The average Bonchev–Trinajstić information content (AvgIpc) is 3.24. The van der Waals surface area contributed by atoms with E-state index in [0.29, 0.717) is 0 Å². The van der Waals surface area contributed by atoms with Crippen molar-refractivity contribution in [3.05, 3.63) is 58.0 Å². The Hall–Kier alpha value is -1.78. The van der Waals surface area contributed by atoms with Crippen molar-refractivity contribution in [1.29, 1.82) is 0 Å². The molecule has 0 N–H and O–H groups in total. The van der Waals surface area contributed by atoms with Crippen molar-refractivity contribution < 1.29 is 0 Å². The van der Waals surface area contributed by atoms with Gasteiger partial charge >= 0.3 is 0 Å². The summed E-state index contributed by atoms with van der Waals surface area (Å²) in [4.78, 5) is 0. The Bertz CT molecular complexity index is 1230. The predicted octanol–water partition coefficient (Wildman–Crippen LogP) is 6.05. The molecule has 0 aliphatic heterocycles. The van der Waals surface area contributed by atoms with Crippen LogP contribution >= 0.6 is 31.9 Å². The minimum absolute atomic E-state index is 1.18. The topological polar surface area (TPSA) is 8.82 Å². The number of hydrogen-bond acceptors (Lipinski definition) is 0. The van der Waals surface area contributed by atoms with E-state index in [2.05, 4.69) is 89.7 Å². The van der Waals surface area contributed by atoms with Gasteiger partial charge in [0.25, 0.3) is 0 Å². The van der Waals surface area contributed by atoms with Gasteiger partial charge in [0.05, 0.1) is 11.0 Å². The quantitative estimate of drug-likeness (QED) is 0.287. The second kappa shape index (κ2) is 3.58. The van der Waals surface area contributed by atoms with Crippen molar-refractivity contribution in [2.75, 3.05) is 0 Å². The Kier molecular flexibility index (Phi) is 1.91. The van der Waals surface area contributed by atoms with E-state index in [1.165, 1.54) is 52.3 Å². The third kappa shape index (κ3) is 1.10. The maximum atomic E-state index is 3.88. The number of benzene rings is 2. The van der Waals surface area contributed by atoms with Crippen molar-refractivity contribution in [3.63, 3.8) is 0 Å². The van der Waals surface area contributed by atoms with Crippen LogP contribution < -0.4 is 0 Å². The van der Waals surface area contributed by atoms with Crippen molar-refractivity contribution in [1.82, 2.24) is 8.80 Å². The molecule has 0 spiro atoms. The molecular weight excluding hydrogens is 404 g/mol. The zero-order valence-corrected chi connectivity index (χ0v) is 14.4. The highest BCUT2D eigenvalue weighted by atomic mass is 79.9. The molecule has 0 aliphatic carbocycles. The van der Waals surface area contributed by atoms with Crippen LogP contribution in [0.1, 0.15) is 0 Å². The SMILES string of the molecule is Brc1c2ccn3ccc(c4c(Br)c5ccn6ccc(c14)c56)c23. The van der Waals surface area contributed by atoms with E-state index < -0.39 is 0 Å². The molecule has 0 amide bonds. The minimum atomic E-state index is 1.18. The highest BCUT2D eigenvalue weighted by molar-refractivity contribution is 9.11. The van der Waals surface area contributed by atoms with Crippen LogP contribution in [0.25, 0.3) is 43.4 Å². The third-order valence-corrected chi connectivity index (χ3v) is 6.49. The summed E-state index contributed by atoms with van der Waals surface area (Å²) in [5.74, 6) is 0. The van der Waals surface area contributed by atoms with Gasteiger partial charge in [-0.15, -0.1) is 0 Å². The van der Waals surface area contributed by atoms with Crippen LogP contribution in [0.2, 0.25) is 0 Å². The molecule has 4 heterocycles. The summed E-state index contributed by atoms with van der Waals surface area (Å²) in [5, 5.41) is 7.73. The number of halogens is 2. The first-order valence-corrected chi connectivity index (χ1v) is 8.68. The number of aromatic nitrogens is 2. The summed E-state index contributed by atoms with van der Waals surface area (Å²) in [6.45, 7) is 0. The van der Waals surface area contributed by atoms with E-state index in [1.807, 2.05) is 0 Å². The molecule has 2 nitrogen and oxygen atoms in total. The maximum absolute atomic E-state index is 3.88. The van der Waals surface area contributed by atoms with Gasteiger partial charge in [0.2, 0.25) is 0 Å². The molecule has 0 atom stereocenters. The third-order valence-electron chi connectivity index (χ3n) is 4.84. The lowest BCUT2D eigenvalue weighted by Crippen LogP contribution is -1.84. The standard InChI is InChI=1S/C18H8Br2N2/c19-15-12-4-8-22-6-2-10(18(12)22)14-13(15)9-1-5-21-7-3-11(16(14)20)17(9)21/h1-8H. The Morgan fingerprint density at radius 1 is 0.545 bits per heavy atom. The van der Waals surface area contributed by atoms with Crippen molar-refractivity contribution in [3.8, 4) is 0 Å². The fraction of sp³-hybridized carbons (Fsp3) is 0. The first kappa shape index (κ1) is 11.7. The van der Waals surface area contributed by atoms with Crippen molar-refractivity contribution in [2.24, 2.45) is 0 Å². The lowest BCUT2D eigenvalue weighted by atomic mass is 9.99. The van der Waals surface area contributed by atoms with E-state index >= 15 is 0 Å². The molecule has 6 aromatic rings. The van der Waals surface area contributed by atoms with Crippen LogP contribution in [0.5, 0.6) is 0 Å². The summed E-state index contributed by atoms with van der Waals surface area (Å²) in [6, 6.07) is 8.81. The second-order valence-electron chi connectivity index (χ2n) is 5.81. The van der Waals surface area contributed by atoms with Crippen molar-refractivity contribution >= 4 is 75.2 Å². The Morgan fingerprint density at radius 2 is 0.909 bits per heavy atom. The van der Waals surface area contributed by atoms with E-state index in [-0.39, 0.29) is 0 Å². The maximum Gasteiger partial charge on any atom is 0.0613 e. The zero-order chi connectivity index (χ0) is 14.6. The van der Waals surface area contributed by atoms with E-state index in [4.69, 9.17) is 0 Å². The lowest BCUT2D eigenvalue weighted by Gasteiger charge is -2.10. The molecule has 22 heavy (non-hydrogen) atoms. The van der Waals surface area contributed by atoms with Crippen LogP contribution in [0, 0.1) is 0 Å². The highest BCUT2D eigenvalue weighted by Crippen LogP contribution is 2.47. The van der Waals surface area contributed by atoms with Crippen LogP contribution in [0.3, 0.4) is 0 Å². The molecule has 4 aromatic heterocycles. The molecule has 0 fully saturated rings. The molecule has 0 unspecified atom stereocenters. The number of rotatable bonds is 0. The summed E-state index contributed by atoms with van der Waals surface area (Å²) in [7, 11) is 0. The first-order chi connectivity index (χ1) is 10.8. The van der Waals surface area contributed by atoms with Gasteiger partial charge in [-0.3, -0.25) is 0 Å². The Balaban J connectivity index is 2.14. The second-order valence-corrected chi connectivity index (χ2v) is 7.39. The molecule has 0 saturated heterocycles. The molecule has 6 rings (SSSR count). The Morgan fingerprint density at radius 3 is 1.32 bits per heavy atom. The lowest BCUT2D eigenvalue weighted by molar-refractivity contribution is 1.24. The number of fused-ring (bicyclic) bond motifs is 3. The van der Waals surface area contributed by atoms with E-state index in [0.717, 1.165) is 0 Å². The first-order valence-electron chi connectivity index (χ1n) is 7.10. The van der Waals surface area contributed by atoms with Crippen LogP contribution in [0.4, 0.5) is 0 Å². The summed E-state index contributed by atoms with van der Waals surface area (Å²) < 4.78 is 6.76. The van der Waals surface area contributed by atoms with E-state index in [9.17, 15) is 0 Å². The largest absolute Gasteiger partial charge is 0.323 e.